The predicted octanol–water partition coefficient (Wildman–Crippen LogP) is 1.99. The van der Waals surface area contributed by atoms with Crippen LogP contribution in [0.15, 0.2) is 4.90 Å². The first-order valence-corrected chi connectivity index (χ1v) is 7.85. The highest BCUT2D eigenvalue weighted by atomic mass is 35.7. The van der Waals surface area contributed by atoms with Crippen LogP contribution in [-0.2, 0) is 13.8 Å². The fourth-order valence-corrected chi connectivity index (χ4v) is 2.78. The number of hydrogen-bond acceptors (Lipinski definition) is 5. The maximum atomic E-state index is 11.7. The number of ether oxygens (including phenoxy) is 1. The average molecular weight is 295 g/mol. The van der Waals surface area contributed by atoms with E-state index in [-0.39, 0.29) is 22.9 Å². The van der Waals surface area contributed by atoms with Crippen LogP contribution in [0.4, 0.5) is 0 Å². The van der Waals surface area contributed by atoms with Crippen LogP contribution in [0.25, 0.3) is 0 Å². The van der Waals surface area contributed by atoms with Crippen molar-refractivity contribution in [3.63, 3.8) is 0 Å². The summed E-state index contributed by atoms with van der Waals surface area (Å²) in [5.74, 6) is -0.783. The summed E-state index contributed by atoms with van der Waals surface area (Å²) in [6, 6.07) is 0. The van der Waals surface area contributed by atoms with E-state index in [0.717, 1.165) is 19.3 Å². The van der Waals surface area contributed by atoms with E-state index in [1.54, 1.807) is 0 Å². The Bertz CT molecular complexity index is 524. The van der Waals surface area contributed by atoms with Crippen LogP contribution in [0.3, 0.4) is 0 Å². The maximum absolute atomic E-state index is 11.7. The molecule has 0 aliphatic carbocycles. The molecule has 1 aromatic heterocycles. The van der Waals surface area contributed by atoms with E-state index >= 15 is 0 Å². The number of rotatable bonds is 6. The van der Waals surface area contributed by atoms with Gasteiger partial charge < -0.3 is 4.74 Å². The molecule has 0 amide bonds. The molecule has 0 atom stereocenters. The van der Waals surface area contributed by atoms with Crippen LogP contribution >= 0.6 is 10.7 Å². The average Bonchev–Trinajstić information content (AvgIpc) is 2.66. The minimum Gasteiger partial charge on any atom is -0.461 e. The molecule has 1 N–H and O–H groups in total. The lowest BCUT2D eigenvalue weighted by Crippen LogP contribution is -2.10. The number of halogens is 1. The molecule has 6 nitrogen and oxygen atoms in total. The molecule has 1 aromatic rings. The summed E-state index contributed by atoms with van der Waals surface area (Å²) in [5, 5.41) is 6.03. The first-order valence-electron chi connectivity index (χ1n) is 5.54. The van der Waals surface area contributed by atoms with E-state index in [1.807, 2.05) is 6.92 Å². The van der Waals surface area contributed by atoms with Gasteiger partial charge in [-0.3, -0.25) is 5.10 Å². The SMILES string of the molecule is CCCCCOC(=O)c1n[nH]c(C)c1S(=O)(=O)Cl. The Hall–Kier alpha value is -1.08. The second-order valence-electron chi connectivity index (χ2n) is 3.81. The van der Waals surface area contributed by atoms with Crippen LogP contribution in [0.5, 0.6) is 0 Å². The summed E-state index contributed by atoms with van der Waals surface area (Å²) in [4.78, 5) is 11.3. The molecule has 0 aliphatic heterocycles. The van der Waals surface area contributed by atoms with E-state index in [4.69, 9.17) is 15.4 Å². The Morgan fingerprint density at radius 2 is 2.11 bits per heavy atom. The van der Waals surface area contributed by atoms with E-state index in [1.165, 1.54) is 6.92 Å². The molecule has 18 heavy (non-hydrogen) atoms. The number of hydrogen-bond donors (Lipinski definition) is 1. The lowest BCUT2D eigenvalue weighted by molar-refractivity contribution is 0.0486. The van der Waals surface area contributed by atoms with E-state index < -0.39 is 15.0 Å². The van der Waals surface area contributed by atoms with E-state index in [0.29, 0.717) is 0 Å². The number of carbonyl (C=O) groups excluding carboxylic acids is 1. The summed E-state index contributed by atoms with van der Waals surface area (Å²) in [6.45, 7) is 3.73. The number of unbranched alkanes of at least 4 members (excludes halogenated alkanes) is 2. The van der Waals surface area contributed by atoms with Gasteiger partial charge in [0, 0.05) is 10.7 Å². The first kappa shape index (κ1) is 15.0. The van der Waals surface area contributed by atoms with Crippen molar-refractivity contribution in [2.24, 2.45) is 0 Å². The highest BCUT2D eigenvalue weighted by molar-refractivity contribution is 8.13. The number of carbonyl (C=O) groups is 1. The van der Waals surface area contributed by atoms with Gasteiger partial charge in [-0.25, -0.2) is 13.2 Å². The lowest BCUT2D eigenvalue weighted by Gasteiger charge is -2.03. The van der Waals surface area contributed by atoms with Gasteiger partial charge in [0.05, 0.1) is 12.3 Å². The van der Waals surface area contributed by atoms with Crippen LogP contribution in [0, 0.1) is 6.92 Å². The molecule has 0 saturated heterocycles. The number of nitrogens with one attached hydrogen (secondary N) is 1. The van der Waals surface area contributed by atoms with Crippen LogP contribution in [0.2, 0.25) is 0 Å². The molecular formula is C10H15ClN2O4S. The number of esters is 1. The molecule has 0 unspecified atom stereocenters. The topological polar surface area (TPSA) is 89.1 Å². The largest absolute Gasteiger partial charge is 0.461 e. The normalized spacial score (nSPS) is 11.5. The van der Waals surface area contributed by atoms with Gasteiger partial charge in [0.15, 0.2) is 5.69 Å². The second-order valence-corrected chi connectivity index (χ2v) is 6.31. The molecule has 0 aliphatic rings. The van der Waals surface area contributed by atoms with Crippen molar-refractivity contribution in [2.45, 2.75) is 38.0 Å². The summed E-state index contributed by atoms with van der Waals surface area (Å²) in [5.41, 5.74) is -0.0792. The predicted molar refractivity (Wildman–Crippen MR) is 66.2 cm³/mol. The first-order chi connectivity index (χ1) is 8.38. The van der Waals surface area contributed by atoms with Gasteiger partial charge in [0.25, 0.3) is 9.05 Å². The summed E-state index contributed by atoms with van der Waals surface area (Å²) in [6.07, 6.45) is 2.67. The summed E-state index contributed by atoms with van der Waals surface area (Å²) in [7, 11) is 1.22. The van der Waals surface area contributed by atoms with E-state index in [9.17, 15) is 13.2 Å². The van der Waals surface area contributed by atoms with Gasteiger partial charge in [-0.2, -0.15) is 5.10 Å². The van der Waals surface area contributed by atoms with Crippen molar-refractivity contribution in [3.05, 3.63) is 11.4 Å². The number of aromatic nitrogens is 2. The smallest absolute Gasteiger partial charge is 0.360 e. The van der Waals surface area contributed by atoms with Gasteiger partial charge >= 0.3 is 5.97 Å². The molecule has 1 rings (SSSR count). The van der Waals surface area contributed by atoms with Crippen molar-refractivity contribution in [2.75, 3.05) is 6.61 Å². The fourth-order valence-electron chi connectivity index (χ4n) is 1.44. The van der Waals surface area contributed by atoms with Gasteiger partial charge in [-0.15, -0.1) is 0 Å². The molecule has 0 radical (unpaired) electrons. The summed E-state index contributed by atoms with van der Waals surface area (Å²) >= 11 is 0. The van der Waals surface area contributed by atoms with Crippen molar-refractivity contribution >= 4 is 25.7 Å². The minimum absolute atomic E-state index is 0.213. The standard InChI is InChI=1S/C10H15ClN2O4S/c1-3-4-5-6-17-10(14)8-9(18(11,15)16)7(2)12-13-8/h3-6H2,1-2H3,(H,12,13). The highest BCUT2D eigenvalue weighted by Crippen LogP contribution is 2.22. The Morgan fingerprint density at radius 3 is 2.67 bits per heavy atom. The maximum Gasteiger partial charge on any atom is 0.360 e. The minimum atomic E-state index is -4.02. The number of H-pyrrole nitrogens is 1. The van der Waals surface area contributed by atoms with Crippen LogP contribution in [0.1, 0.15) is 42.4 Å². The lowest BCUT2D eigenvalue weighted by atomic mass is 10.3. The molecule has 0 saturated carbocycles. The Kier molecular flexibility index (Phi) is 5.15. The number of nitrogens with zero attached hydrogens (tertiary/aromatic N) is 1. The molecule has 0 spiro atoms. The van der Waals surface area contributed by atoms with Crippen molar-refractivity contribution in [1.29, 1.82) is 0 Å². The van der Waals surface area contributed by atoms with E-state index in [2.05, 4.69) is 10.2 Å². The monoisotopic (exact) mass is 294 g/mol. The molecule has 0 bridgehead atoms. The molecular weight excluding hydrogens is 280 g/mol. The Labute approximate surface area is 110 Å². The van der Waals surface area contributed by atoms with Crippen molar-refractivity contribution in [1.82, 2.24) is 10.2 Å². The highest BCUT2D eigenvalue weighted by Gasteiger charge is 2.27. The van der Waals surface area contributed by atoms with Crippen LogP contribution in [-0.4, -0.2) is 31.2 Å². The Balaban J connectivity index is 2.81. The van der Waals surface area contributed by atoms with Gasteiger partial charge in [0.1, 0.15) is 4.90 Å². The zero-order chi connectivity index (χ0) is 13.8. The number of aryl methyl sites for hydroxylation is 1. The Morgan fingerprint density at radius 1 is 1.44 bits per heavy atom. The summed E-state index contributed by atoms with van der Waals surface area (Å²) < 4.78 is 27.6. The van der Waals surface area contributed by atoms with Gasteiger partial charge in [0.2, 0.25) is 0 Å². The third kappa shape index (κ3) is 3.71. The molecule has 0 aromatic carbocycles. The van der Waals surface area contributed by atoms with Crippen LogP contribution < -0.4 is 0 Å². The quantitative estimate of drug-likeness (QED) is 0.492. The van der Waals surface area contributed by atoms with Gasteiger partial charge in [-0.05, 0) is 13.3 Å². The zero-order valence-electron chi connectivity index (χ0n) is 10.2. The van der Waals surface area contributed by atoms with Gasteiger partial charge in [-0.1, -0.05) is 19.8 Å². The number of aromatic amines is 1. The molecule has 0 fully saturated rings. The molecule has 8 heteroatoms. The van der Waals surface area contributed by atoms with Crippen molar-refractivity contribution in [3.8, 4) is 0 Å². The second kappa shape index (κ2) is 6.19. The fraction of sp³-hybridized carbons (Fsp3) is 0.600. The van der Waals surface area contributed by atoms with Crippen molar-refractivity contribution < 1.29 is 17.9 Å². The zero-order valence-corrected chi connectivity index (χ0v) is 11.8. The third-order valence-corrected chi connectivity index (χ3v) is 3.76. The third-order valence-electron chi connectivity index (χ3n) is 2.31. The molecule has 1 heterocycles. The molecule has 102 valence electrons.